The van der Waals surface area contributed by atoms with Gasteiger partial charge in [0.1, 0.15) is 5.69 Å². The molecular formula is C25H22N4O4S. The van der Waals surface area contributed by atoms with Crippen LogP contribution in [-0.2, 0) is 17.1 Å². The first-order chi connectivity index (χ1) is 16.2. The summed E-state index contributed by atoms with van der Waals surface area (Å²) in [6.45, 7) is 1.76. The molecule has 1 amide bonds. The van der Waals surface area contributed by atoms with Crippen LogP contribution in [0.3, 0.4) is 0 Å². The van der Waals surface area contributed by atoms with Crippen LogP contribution in [-0.4, -0.2) is 30.7 Å². The van der Waals surface area contributed by atoms with Gasteiger partial charge in [-0.3, -0.25) is 18.6 Å². The van der Waals surface area contributed by atoms with Crippen LogP contribution in [0.25, 0.3) is 16.8 Å². The molecule has 8 nitrogen and oxygen atoms in total. The van der Waals surface area contributed by atoms with Gasteiger partial charge in [0.05, 0.1) is 22.0 Å². The Balaban J connectivity index is 1.55. The van der Waals surface area contributed by atoms with E-state index in [1.807, 2.05) is 30.3 Å². The fourth-order valence-corrected chi connectivity index (χ4v) is 5.68. The summed E-state index contributed by atoms with van der Waals surface area (Å²) in [5.74, 6) is -0.456. The van der Waals surface area contributed by atoms with E-state index in [9.17, 15) is 18.0 Å². The van der Waals surface area contributed by atoms with E-state index in [1.54, 1.807) is 61.1 Å². The van der Waals surface area contributed by atoms with Gasteiger partial charge >= 0.3 is 0 Å². The summed E-state index contributed by atoms with van der Waals surface area (Å²) in [7, 11) is -0.425. The Kier molecular flexibility index (Phi) is 4.94. The van der Waals surface area contributed by atoms with E-state index in [0.717, 1.165) is 0 Å². The van der Waals surface area contributed by atoms with Crippen molar-refractivity contribution in [1.82, 2.24) is 9.36 Å². The molecule has 0 radical (unpaired) electrons. The molecule has 1 aliphatic rings. The molecule has 1 aromatic heterocycles. The summed E-state index contributed by atoms with van der Waals surface area (Å²) in [6.07, 6.45) is 0. The van der Waals surface area contributed by atoms with E-state index in [4.69, 9.17) is 0 Å². The molecule has 0 atom stereocenters. The van der Waals surface area contributed by atoms with Crippen LogP contribution in [0.1, 0.15) is 16.1 Å². The third-order valence-electron chi connectivity index (χ3n) is 6.21. The fourth-order valence-electron chi connectivity index (χ4n) is 4.26. The molecule has 172 valence electrons. The van der Waals surface area contributed by atoms with Crippen molar-refractivity contribution in [3.63, 3.8) is 0 Å². The monoisotopic (exact) mass is 474 g/mol. The standard InChI is InChI=1S/C25H22N4O4S/c1-16-23(25(31)29(27(16)2)18-9-5-4-6-10-18)26-24(30)17-13-14-21-20(15-17)19-11-7-8-12-22(19)34(32,33)28(21)3/h4-15H,1-3H3,(H,26,30). The lowest BCUT2D eigenvalue weighted by atomic mass is 10.00. The molecule has 4 aromatic rings. The van der Waals surface area contributed by atoms with Gasteiger partial charge in [0.25, 0.3) is 21.5 Å². The number of para-hydroxylation sites is 1. The molecule has 0 unspecified atom stereocenters. The average molecular weight is 475 g/mol. The second kappa shape index (κ2) is 7.74. The van der Waals surface area contributed by atoms with Crippen LogP contribution in [0.5, 0.6) is 0 Å². The molecule has 0 saturated carbocycles. The number of nitrogens with one attached hydrogen (secondary N) is 1. The zero-order valence-electron chi connectivity index (χ0n) is 18.8. The molecule has 2 heterocycles. The van der Waals surface area contributed by atoms with Gasteiger partial charge in [0.15, 0.2) is 0 Å². The van der Waals surface area contributed by atoms with Gasteiger partial charge in [-0.15, -0.1) is 0 Å². The smallest absolute Gasteiger partial charge is 0.295 e. The number of nitrogens with zero attached hydrogens (tertiary/aromatic N) is 3. The van der Waals surface area contributed by atoms with Crippen LogP contribution in [0, 0.1) is 6.92 Å². The molecule has 1 N–H and O–H groups in total. The minimum Gasteiger partial charge on any atom is -0.316 e. The van der Waals surface area contributed by atoms with Crippen molar-refractivity contribution in [1.29, 1.82) is 0 Å². The number of carbonyl (C=O) groups is 1. The Bertz CT molecular complexity index is 1620. The third kappa shape index (κ3) is 3.16. The van der Waals surface area contributed by atoms with Crippen LogP contribution >= 0.6 is 0 Å². The van der Waals surface area contributed by atoms with E-state index < -0.39 is 15.9 Å². The zero-order chi connectivity index (χ0) is 24.2. The topological polar surface area (TPSA) is 93.4 Å². The number of hydrogen-bond donors (Lipinski definition) is 1. The van der Waals surface area contributed by atoms with E-state index in [2.05, 4.69) is 5.32 Å². The van der Waals surface area contributed by atoms with E-state index >= 15 is 0 Å². The molecule has 0 fully saturated rings. The van der Waals surface area contributed by atoms with Crippen LogP contribution < -0.4 is 15.2 Å². The predicted molar refractivity (Wildman–Crippen MR) is 131 cm³/mol. The van der Waals surface area contributed by atoms with Gasteiger partial charge < -0.3 is 5.32 Å². The Morgan fingerprint density at radius 3 is 2.29 bits per heavy atom. The Hall–Kier alpha value is -4.11. The third-order valence-corrected chi connectivity index (χ3v) is 8.04. The molecule has 9 heteroatoms. The number of anilines is 2. The van der Waals surface area contributed by atoms with Crippen molar-refractivity contribution in [2.75, 3.05) is 16.7 Å². The van der Waals surface area contributed by atoms with Gasteiger partial charge in [-0.2, -0.15) is 0 Å². The minimum atomic E-state index is -3.67. The van der Waals surface area contributed by atoms with Crippen molar-refractivity contribution >= 4 is 27.3 Å². The summed E-state index contributed by atoms with van der Waals surface area (Å²) < 4.78 is 30.1. The van der Waals surface area contributed by atoms with Gasteiger partial charge in [0.2, 0.25) is 0 Å². The second-order valence-corrected chi connectivity index (χ2v) is 10.0. The maximum absolute atomic E-state index is 13.2. The number of hydrogen-bond acceptors (Lipinski definition) is 4. The van der Waals surface area contributed by atoms with Gasteiger partial charge in [-0.1, -0.05) is 36.4 Å². The number of benzene rings is 3. The lowest BCUT2D eigenvalue weighted by Gasteiger charge is -2.29. The highest BCUT2D eigenvalue weighted by Gasteiger charge is 2.32. The Labute approximate surface area is 196 Å². The van der Waals surface area contributed by atoms with E-state index in [1.165, 1.54) is 16.0 Å². The first-order valence-electron chi connectivity index (χ1n) is 10.6. The molecule has 0 bridgehead atoms. The SMILES string of the molecule is Cc1c(NC(=O)c2ccc3c(c2)-c2ccccc2S(=O)(=O)N3C)c(=O)n(-c2ccccc2)n1C. The fraction of sp³-hybridized carbons (Fsp3) is 0.120. The number of sulfonamides is 1. The van der Waals surface area contributed by atoms with Crippen molar-refractivity contribution in [2.45, 2.75) is 11.8 Å². The average Bonchev–Trinajstić information content (AvgIpc) is 3.06. The maximum Gasteiger partial charge on any atom is 0.295 e. The quantitative estimate of drug-likeness (QED) is 0.492. The highest BCUT2D eigenvalue weighted by molar-refractivity contribution is 7.93. The Morgan fingerprint density at radius 1 is 0.882 bits per heavy atom. The maximum atomic E-state index is 13.2. The molecule has 1 aliphatic heterocycles. The number of rotatable bonds is 3. The van der Waals surface area contributed by atoms with Crippen molar-refractivity contribution in [2.24, 2.45) is 7.05 Å². The summed E-state index contributed by atoms with van der Waals surface area (Å²) >= 11 is 0. The lowest BCUT2D eigenvalue weighted by Crippen LogP contribution is -2.30. The first-order valence-corrected chi connectivity index (χ1v) is 12.0. The highest BCUT2D eigenvalue weighted by Crippen LogP contribution is 2.42. The first kappa shape index (κ1) is 21.7. The van der Waals surface area contributed by atoms with Crippen LogP contribution in [0.4, 0.5) is 11.4 Å². The molecule has 0 spiro atoms. The number of amides is 1. The molecule has 34 heavy (non-hydrogen) atoms. The molecule has 0 aliphatic carbocycles. The minimum absolute atomic E-state index is 0.187. The van der Waals surface area contributed by atoms with Gasteiger partial charge in [0, 0.05) is 30.8 Å². The van der Waals surface area contributed by atoms with E-state index in [0.29, 0.717) is 33.8 Å². The molecular weight excluding hydrogens is 452 g/mol. The predicted octanol–water partition coefficient (Wildman–Crippen LogP) is 3.54. The summed E-state index contributed by atoms with van der Waals surface area (Å²) in [5, 5.41) is 2.76. The largest absolute Gasteiger partial charge is 0.316 e. The number of carbonyl (C=O) groups excluding carboxylic acids is 1. The van der Waals surface area contributed by atoms with Crippen LogP contribution in [0.2, 0.25) is 0 Å². The van der Waals surface area contributed by atoms with Gasteiger partial charge in [-0.25, -0.2) is 13.1 Å². The Morgan fingerprint density at radius 2 is 1.56 bits per heavy atom. The number of aromatic nitrogens is 2. The molecule has 3 aromatic carbocycles. The highest BCUT2D eigenvalue weighted by atomic mass is 32.2. The lowest BCUT2D eigenvalue weighted by molar-refractivity contribution is 0.102. The molecule has 0 saturated heterocycles. The summed E-state index contributed by atoms with van der Waals surface area (Å²) in [5.41, 5.74) is 3.11. The van der Waals surface area contributed by atoms with Crippen LogP contribution in [0.15, 0.2) is 82.5 Å². The summed E-state index contributed by atoms with van der Waals surface area (Å²) in [4.78, 5) is 26.5. The molecule has 5 rings (SSSR count). The van der Waals surface area contributed by atoms with Gasteiger partial charge in [-0.05, 0) is 43.3 Å². The zero-order valence-corrected chi connectivity index (χ0v) is 19.6. The second-order valence-electron chi connectivity index (χ2n) is 8.09. The summed E-state index contributed by atoms with van der Waals surface area (Å²) in [6, 6.07) is 20.7. The normalized spacial score (nSPS) is 13.8. The van der Waals surface area contributed by atoms with Crippen molar-refractivity contribution in [3.8, 4) is 16.8 Å². The number of fused-ring (bicyclic) bond motifs is 3. The van der Waals surface area contributed by atoms with Crippen molar-refractivity contribution in [3.05, 3.63) is 94.4 Å². The van der Waals surface area contributed by atoms with E-state index in [-0.39, 0.29) is 16.1 Å². The van der Waals surface area contributed by atoms with Crippen molar-refractivity contribution < 1.29 is 13.2 Å².